The fraction of sp³-hybridized carbons (Fsp3) is 0.875. The molecule has 0 aliphatic rings. The molecule has 4 heteroatoms. The molecule has 12 heavy (non-hydrogen) atoms. The minimum atomic E-state index is -1.17. The molecule has 3 nitrogen and oxygen atoms in total. The highest BCUT2D eigenvalue weighted by molar-refractivity contribution is 14.1. The smallest absolute Gasteiger partial charge is 0.450 e. The van der Waals surface area contributed by atoms with Gasteiger partial charge in [-0.2, -0.15) is 0 Å². The third-order valence-corrected chi connectivity index (χ3v) is 2.75. The van der Waals surface area contributed by atoms with Crippen molar-refractivity contribution >= 4 is 28.7 Å². The maximum Gasteiger partial charge on any atom is 0.505 e. The molecule has 0 rings (SSSR count). The van der Waals surface area contributed by atoms with Gasteiger partial charge >= 0.3 is 6.16 Å². The average Bonchev–Trinajstić information content (AvgIpc) is 1.96. The monoisotopic (exact) mass is 286 g/mol. The Morgan fingerprint density at radius 2 is 2.25 bits per heavy atom. The minimum Gasteiger partial charge on any atom is -0.450 e. The van der Waals surface area contributed by atoms with Crippen LogP contribution in [0.3, 0.4) is 0 Å². The summed E-state index contributed by atoms with van der Waals surface area (Å²) in [4.78, 5) is 10.1. The number of hydrogen-bond donors (Lipinski definition) is 1. The Labute approximate surface area is 86.6 Å². The van der Waals surface area contributed by atoms with Crippen LogP contribution in [0.5, 0.6) is 0 Å². The van der Waals surface area contributed by atoms with E-state index in [9.17, 15) is 4.79 Å². The molecule has 0 bridgehead atoms. The van der Waals surface area contributed by atoms with Gasteiger partial charge in [-0.15, -0.1) is 0 Å². The maximum absolute atomic E-state index is 10.1. The summed E-state index contributed by atoms with van der Waals surface area (Å²) in [7, 11) is 0. The summed E-state index contributed by atoms with van der Waals surface area (Å²) in [6.45, 7) is 4.49. The lowest BCUT2D eigenvalue weighted by molar-refractivity contribution is 0.0761. The molecule has 0 aliphatic heterocycles. The van der Waals surface area contributed by atoms with Gasteiger partial charge in [0.1, 0.15) is 0 Å². The van der Waals surface area contributed by atoms with Crippen molar-refractivity contribution in [2.24, 2.45) is 5.92 Å². The summed E-state index contributed by atoms with van der Waals surface area (Å²) in [5.74, 6) is 0.353. The molecule has 0 aromatic heterocycles. The number of carbonyl (C=O) groups is 1. The summed E-state index contributed by atoms with van der Waals surface area (Å²) >= 11 is 2.30. The Bertz CT molecular complexity index is 136. The van der Waals surface area contributed by atoms with Crippen LogP contribution in [-0.4, -0.2) is 21.8 Å². The molecule has 0 aliphatic carbocycles. The van der Waals surface area contributed by atoms with E-state index in [0.29, 0.717) is 16.4 Å². The van der Waals surface area contributed by atoms with Crippen LogP contribution in [0.4, 0.5) is 4.79 Å². The summed E-state index contributed by atoms with van der Waals surface area (Å²) in [5, 5.41) is 8.29. The first-order valence-corrected chi connectivity index (χ1v) is 5.32. The van der Waals surface area contributed by atoms with Gasteiger partial charge in [0.15, 0.2) is 0 Å². The molecular weight excluding hydrogens is 271 g/mol. The first-order chi connectivity index (χ1) is 5.57. The topological polar surface area (TPSA) is 46.5 Å². The van der Waals surface area contributed by atoms with E-state index in [1.54, 1.807) is 0 Å². The Morgan fingerprint density at radius 1 is 1.67 bits per heavy atom. The van der Waals surface area contributed by atoms with Crippen molar-refractivity contribution in [2.45, 2.75) is 30.6 Å². The maximum atomic E-state index is 10.1. The van der Waals surface area contributed by atoms with Crippen molar-refractivity contribution in [1.29, 1.82) is 0 Å². The molecule has 0 heterocycles. The van der Waals surface area contributed by atoms with Crippen molar-refractivity contribution in [2.75, 3.05) is 6.61 Å². The van der Waals surface area contributed by atoms with Crippen LogP contribution in [0.2, 0.25) is 0 Å². The second-order valence-electron chi connectivity index (χ2n) is 2.80. The van der Waals surface area contributed by atoms with E-state index in [0.717, 1.165) is 12.8 Å². The van der Waals surface area contributed by atoms with Crippen LogP contribution in [0.25, 0.3) is 0 Å². The molecule has 0 radical (unpaired) electrons. The molecule has 0 aromatic rings. The van der Waals surface area contributed by atoms with Crippen molar-refractivity contribution in [1.82, 2.24) is 0 Å². The summed E-state index contributed by atoms with van der Waals surface area (Å²) < 4.78 is 4.99. The zero-order valence-corrected chi connectivity index (χ0v) is 9.58. The van der Waals surface area contributed by atoms with Gasteiger partial charge in [0.2, 0.25) is 0 Å². The molecule has 0 aromatic carbocycles. The summed E-state index contributed by atoms with van der Waals surface area (Å²) in [6.07, 6.45) is 0.923. The number of alkyl halides is 1. The molecular formula is C8H15IO3. The van der Waals surface area contributed by atoms with E-state index in [-0.39, 0.29) is 0 Å². The zero-order valence-electron chi connectivity index (χ0n) is 7.42. The zero-order chi connectivity index (χ0) is 9.56. The normalized spacial score (nSPS) is 15.2. The number of ether oxygens (including phenoxy) is 1. The number of carboxylic acid groups (broad SMARTS) is 1. The van der Waals surface area contributed by atoms with E-state index < -0.39 is 6.16 Å². The predicted molar refractivity (Wildman–Crippen MR) is 55.9 cm³/mol. The summed E-state index contributed by atoms with van der Waals surface area (Å²) in [5.41, 5.74) is 0. The Kier molecular flexibility index (Phi) is 6.51. The van der Waals surface area contributed by atoms with Gasteiger partial charge in [-0.25, -0.2) is 4.79 Å². The van der Waals surface area contributed by atoms with Crippen LogP contribution < -0.4 is 0 Å². The lowest BCUT2D eigenvalue weighted by atomic mass is 10.0. The molecule has 2 atom stereocenters. The first kappa shape index (κ1) is 12.0. The van der Waals surface area contributed by atoms with Gasteiger partial charge in [-0.05, 0) is 6.42 Å². The van der Waals surface area contributed by atoms with E-state index >= 15 is 0 Å². The third-order valence-electron chi connectivity index (χ3n) is 1.73. The standard InChI is InChI=1S/C8H15IO3/c1-3-4-7(6(2)9)5-12-8(10)11/h6-7H,3-5H2,1-2H3,(H,10,11). The Hall–Kier alpha value is 0. The highest BCUT2D eigenvalue weighted by Crippen LogP contribution is 2.18. The average molecular weight is 286 g/mol. The van der Waals surface area contributed by atoms with Crippen molar-refractivity contribution in [3.63, 3.8) is 0 Å². The number of rotatable bonds is 5. The second-order valence-corrected chi connectivity index (χ2v) is 4.77. The van der Waals surface area contributed by atoms with E-state index in [2.05, 4.69) is 41.2 Å². The Morgan fingerprint density at radius 3 is 2.58 bits per heavy atom. The lowest BCUT2D eigenvalue weighted by Gasteiger charge is -2.17. The van der Waals surface area contributed by atoms with Crippen LogP contribution in [0.15, 0.2) is 0 Å². The van der Waals surface area contributed by atoms with Crippen LogP contribution in [0.1, 0.15) is 26.7 Å². The van der Waals surface area contributed by atoms with Crippen molar-refractivity contribution in [3.8, 4) is 0 Å². The summed E-state index contributed by atoms with van der Waals surface area (Å²) in [6, 6.07) is 0. The molecule has 2 unspecified atom stereocenters. The quantitative estimate of drug-likeness (QED) is 0.480. The van der Waals surface area contributed by atoms with Gasteiger partial charge in [0.05, 0.1) is 6.61 Å². The number of halogens is 1. The minimum absolute atomic E-state index is 0.327. The number of hydrogen-bond acceptors (Lipinski definition) is 2. The van der Waals surface area contributed by atoms with Gasteiger partial charge < -0.3 is 9.84 Å². The molecule has 72 valence electrons. The fourth-order valence-corrected chi connectivity index (χ4v) is 1.56. The second kappa shape index (κ2) is 6.51. The van der Waals surface area contributed by atoms with E-state index in [4.69, 9.17) is 5.11 Å². The lowest BCUT2D eigenvalue weighted by Crippen LogP contribution is -2.19. The molecule has 0 spiro atoms. The van der Waals surface area contributed by atoms with Crippen molar-refractivity contribution in [3.05, 3.63) is 0 Å². The van der Waals surface area contributed by atoms with Gasteiger partial charge in [-0.1, -0.05) is 42.9 Å². The molecule has 0 saturated heterocycles. The third kappa shape index (κ3) is 5.62. The van der Waals surface area contributed by atoms with Gasteiger partial charge in [0, 0.05) is 9.84 Å². The molecule has 0 saturated carbocycles. The van der Waals surface area contributed by atoms with Gasteiger partial charge in [-0.3, -0.25) is 0 Å². The molecule has 1 N–H and O–H groups in total. The van der Waals surface area contributed by atoms with Crippen LogP contribution in [-0.2, 0) is 4.74 Å². The highest BCUT2D eigenvalue weighted by Gasteiger charge is 2.15. The van der Waals surface area contributed by atoms with E-state index in [1.165, 1.54) is 0 Å². The fourth-order valence-electron chi connectivity index (χ4n) is 0.995. The predicted octanol–water partition coefficient (Wildman–Crippen LogP) is 2.92. The highest BCUT2D eigenvalue weighted by atomic mass is 127. The van der Waals surface area contributed by atoms with Gasteiger partial charge in [0.25, 0.3) is 0 Å². The van der Waals surface area contributed by atoms with Crippen LogP contribution in [0, 0.1) is 5.92 Å². The SMILES string of the molecule is CCCC(COC(=O)O)C(C)I. The molecule has 0 amide bonds. The van der Waals surface area contributed by atoms with Crippen LogP contribution >= 0.6 is 22.6 Å². The van der Waals surface area contributed by atoms with Crippen molar-refractivity contribution < 1.29 is 14.6 Å². The first-order valence-electron chi connectivity index (χ1n) is 4.07. The largest absolute Gasteiger partial charge is 0.505 e. The molecule has 0 fully saturated rings. The Balaban J connectivity index is 3.70. The van der Waals surface area contributed by atoms with E-state index in [1.807, 2.05) is 0 Å².